The highest BCUT2D eigenvalue weighted by atomic mass is 32.2. The fourth-order valence-corrected chi connectivity index (χ4v) is 5.49. The molecular weight excluding hydrogens is 399 g/mol. The topological polar surface area (TPSA) is 57.7 Å². The zero-order valence-corrected chi connectivity index (χ0v) is 17.3. The summed E-state index contributed by atoms with van der Waals surface area (Å²) in [5.74, 6) is -0.0827. The predicted molar refractivity (Wildman–Crippen MR) is 109 cm³/mol. The summed E-state index contributed by atoms with van der Waals surface area (Å²) in [6.07, 6.45) is 0. The van der Waals surface area contributed by atoms with Crippen LogP contribution in [-0.2, 0) is 14.8 Å². The van der Waals surface area contributed by atoms with Crippen LogP contribution in [0, 0.1) is 5.82 Å². The van der Waals surface area contributed by atoms with Crippen molar-refractivity contribution in [2.24, 2.45) is 0 Å². The Morgan fingerprint density at radius 3 is 2.29 bits per heavy atom. The molecule has 8 heteroatoms. The molecule has 1 unspecified atom stereocenters. The number of sulfonamides is 1. The van der Waals surface area contributed by atoms with Crippen molar-refractivity contribution in [2.45, 2.75) is 17.1 Å². The summed E-state index contributed by atoms with van der Waals surface area (Å²) < 4.78 is 40.6. The minimum Gasteiger partial charge on any atom is -0.339 e. The van der Waals surface area contributed by atoms with Crippen molar-refractivity contribution in [1.82, 2.24) is 9.21 Å². The third-order valence-electron chi connectivity index (χ3n) is 4.77. The van der Waals surface area contributed by atoms with Crippen LogP contribution in [0.5, 0.6) is 0 Å². The molecule has 1 saturated heterocycles. The van der Waals surface area contributed by atoms with E-state index in [-0.39, 0.29) is 40.7 Å². The van der Waals surface area contributed by atoms with Gasteiger partial charge >= 0.3 is 0 Å². The quantitative estimate of drug-likeness (QED) is 0.718. The lowest BCUT2D eigenvalue weighted by molar-refractivity contribution is -0.129. The molecule has 1 heterocycles. The summed E-state index contributed by atoms with van der Waals surface area (Å²) in [4.78, 5) is 14.4. The van der Waals surface area contributed by atoms with Gasteiger partial charge in [0, 0.05) is 37.0 Å². The van der Waals surface area contributed by atoms with Crippen LogP contribution in [0.2, 0.25) is 0 Å². The number of nitrogens with zero attached hydrogens (tertiary/aromatic N) is 2. The predicted octanol–water partition coefficient (Wildman–Crippen LogP) is 3.15. The van der Waals surface area contributed by atoms with Gasteiger partial charge in [-0.2, -0.15) is 4.31 Å². The summed E-state index contributed by atoms with van der Waals surface area (Å²) in [5, 5.41) is -0.134. The first-order valence-electron chi connectivity index (χ1n) is 9.08. The fraction of sp³-hybridized carbons (Fsp3) is 0.350. The third-order valence-corrected chi connectivity index (χ3v) is 7.85. The van der Waals surface area contributed by atoms with Gasteiger partial charge in [0.05, 0.1) is 10.6 Å². The van der Waals surface area contributed by atoms with E-state index in [1.54, 1.807) is 53.4 Å². The Morgan fingerprint density at radius 1 is 1.04 bits per heavy atom. The standard InChI is InChI=1S/C20H23FN2O3S2/c1-16(18-9-5-6-10-19(18)21)27-15-20(24)22-11-13-23(14-12-22)28(25,26)17-7-3-2-4-8-17/h2-10,16H,11-15H2,1H3. The van der Waals surface area contributed by atoms with Crippen LogP contribution in [-0.4, -0.2) is 55.5 Å². The molecule has 0 aliphatic carbocycles. The van der Waals surface area contributed by atoms with Gasteiger partial charge < -0.3 is 4.90 Å². The number of hydrogen-bond donors (Lipinski definition) is 0. The summed E-state index contributed by atoms with van der Waals surface area (Å²) in [6.45, 7) is 3.15. The Bertz CT molecular complexity index is 914. The molecule has 1 aliphatic rings. The summed E-state index contributed by atoms with van der Waals surface area (Å²) in [6, 6.07) is 14.9. The minimum absolute atomic E-state index is 0.0510. The van der Waals surface area contributed by atoms with E-state index in [0.717, 1.165) is 0 Å². The zero-order chi connectivity index (χ0) is 20.1. The van der Waals surface area contributed by atoms with Gasteiger partial charge in [0.2, 0.25) is 15.9 Å². The molecule has 1 aliphatic heterocycles. The molecule has 2 aromatic carbocycles. The maximum absolute atomic E-state index is 13.8. The van der Waals surface area contributed by atoms with E-state index >= 15 is 0 Å². The lowest BCUT2D eigenvalue weighted by atomic mass is 10.1. The number of thioether (sulfide) groups is 1. The van der Waals surface area contributed by atoms with Crippen molar-refractivity contribution >= 4 is 27.7 Å². The molecule has 150 valence electrons. The highest BCUT2D eigenvalue weighted by molar-refractivity contribution is 8.00. The van der Waals surface area contributed by atoms with E-state index < -0.39 is 10.0 Å². The number of rotatable bonds is 6. The first kappa shape index (κ1) is 20.8. The number of carbonyl (C=O) groups is 1. The Labute approximate surface area is 169 Å². The molecule has 1 amide bonds. The molecule has 3 rings (SSSR count). The number of benzene rings is 2. The summed E-state index contributed by atoms with van der Waals surface area (Å²) >= 11 is 1.39. The molecule has 1 fully saturated rings. The monoisotopic (exact) mass is 422 g/mol. The van der Waals surface area contributed by atoms with Crippen LogP contribution < -0.4 is 0 Å². The van der Waals surface area contributed by atoms with Gasteiger partial charge in [-0.3, -0.25) is 4.79 Å². The Balaban J connectivity index is 1.52. The van der Waals surface area contributed by atoms with Crippen molar-refractivity contribution in [2.75, 3.05) is 31.9 Å². The van der Waals surface area contributed by atoms with Crippen LogP contribution in [0.4, 0.5) is 4.39 Å². The Morgan fingerprint density at radius 2 is 1.64 bits per heavy atom. The Kier molecular flexibility index (Phi) is 6.74. The minimum atomic E-state index is -3.53. The first-order chi connectivity index (χ1) is 13.4. The van der Waals surface area contributed by atoms with Gasteiger partial charge in [-0.05, 0) is 25.1 Å². The number of halogens is 1. The van der Waals surface area contributed by atoms with Gasteiger partial charge in [0.15, 0.2) is 0 Å². The number of amides is 1. The summed E-state index contributed by atoms with van der Waals surface area (Å²) in [5.41, 5.74) is 0.582. The van der Waals surface area contributed by atoms with E-state index in [9.17, 15) is 17.6 Å². The Hall–Kier alpha value is -1.90. The van der Waals surface area contributed by atoms with Gasteiger partial charge in [-0.25, -0.2) is 12.8 Å². The van der Waals surface area contributed by atoms with Gasteiger partial charge in [0.25, 0.3) is 0 Å². The molecule has 28 heavy (non-hydrogen) atoms. The SMILES string of the molecule is CC(SCC(=O)N1CCN(S(=O)(=O)c2ccccc2)CC1)c1ccccc1F. The molecule has 0 bridgehead atoms. The highest BCUT2D eigenvalue weighted by Crippen LogP contribution is 2.30. The van der Waals surface area contributed by atoms with Crippen LogP contribution in [0.1, 0.15) is 17.7 Å². The molecular formula is C20H23FN2O3S2. The van der Waals surface area contributed by atoms with Crippen LogP contribution >= 0.6 is 11.8 Å². The molecule has 0 aromatic heterocycles. The van der Waals surface area contributed by atoms with Crippen molar-refractivity contribution < 1.29 is 17.6 Å². The van der Waals surface area contributed by atoms with Crippen molar-refractivity contribution in [1.29, 1.82) is 0 Å². The number of piperazine rings is 1. The van der Waals surface area contributed by atoms with Crippen LogP contribution in [0.3, 0.4) is 0 Å². The van der Waals surface area contributed by atoms with Crippen LogP contribution in [0.15, 0.2) is 59.5 Å². The molecule has 2 aromatic rings. The normalized spacial score (nSPS) is 16.7. The average molecular weight is 423 g/mol. The lowest BCUT2D eigenvalue weighted by Crippen LogP contribution is -2.51. The molecule has 0 saturated carbocycles. The third kappa shape index (κ3) is 4.74. The molecule has 0 N–H and O–H groups in total. The largest absolute Gasteiger partial charge is 0.339 e. The second-order valence-corrected chi connectivity index (χ2v) is 9.84. The zero-order valence-electron chi connectivity index (χ0n) is 15.6. The van der Waals surface area contributed by atoms with Gasteiger partial charge in [0.1, 0.15) is 5.82 Å². The van der Waals surface area contributed by atoms with E-state index in [1.165, 1.54) is 22.1 Å². The van der Waals surface area contributed by atoms with E-state index in [0.29, 0.717) is 18.7 Å². The average Bonchev–Trinajstić information content (AvgIpc) is 2.73. The van der Waals surface area contributed by atoms with E-state index in [2.05, 4.69) is 0 Å². The second-order valence-electron chi connectivity index (χ2n) is 6.57. The number of hydrogen-bond acceptors (Lipinski definition) is 4. The maximum Gasteiger partial charge on any atom is 0.243 e. The highest BCUT2D eigenvalue weighted by Gasteiger charge is 2.30. The maximum atomic E-state index is 13.8. The van der Waals surface area contributed by atoms with E-state index in [4.69, 9.17) is 0 Å². The number of carbonyl (C=O) groups excluding carboxylic acids is 1. The second kappa shape index (κ2) is 9.07. The van der Waals surface area contributed by atoms with Crippen molar-refractivity contribution in [3.63, 3.8) is 0 Å². The summed E-state index contributed by atoms with van der Waals surface area (Å²) in [7, 11) is -3.53. The molecule has 5 nitrogen and oxygen atoms in total. The molecule has 0 spiro atoms. The van der Waals surface area contributed by atoms with Crippen molar-refractivity contribution in [3.05, 3.63) is 66.0 Å². The van der Waals surface area contributed by atoms with Crippen molar-refractivity contribution in [3.8, 4) is 0 Å². The lowest BCUT2D eigenvalue weighted by Gasteiger charge is -2.34. The first-order valence-corrected chi connectivity index (χ1v) is 11.6. The molecule has 1 atom stereocenters. The molecule has 0 radical (unpaired) electrons. The van der Waals surface area contributed by atoms with E-state index in [1.807, 2.05) is 6.92 Å². The smallest absolute Gasteiger partial charge is 0.243 e. The van der Waals surface area contributed by atoms with Crippen LogP contribution in [0.25, 0.3) is 0 Å². The van der Waals surface area contributed by atoms with Gasteiger partial charge in [-0.1, -0.05) is 36.4 Å². The fourth-order valence-electron chi connectivity index (χ4n) is 3.10. The van der Waals surface area contributed by atoms with Gasteiger partial charge in [-0.15, -0.1) is 11.8 Å².